The van der Waals surface area contributed by atoms with Crippen LogP contribution in [0.2, 0.25) is 0 Å². The molecule has 0 aromatic rings. The molecular weight excluding hydrogens is 248 g/mol. The zero-order valence-electron chi connectivity index (χ0n) is 12.9. The fourth-order valence-corrected chi connectivity index (χ4v) is 1.38. The van der Waals surface area contributed by atoms with Gasteiger partial charge in [-0.3, -0.25) is 0 Å². The van der Waals surface area contributed by atoms with Gasteiger partial charge in [-0.15, -0.1) is 0 Å². The van der Waals surface area contributed by atoms with Gasteiger partial charge in [0.15, 0.2) is 0 Å². The van der Waals surface area contributed by atoms with Gasteiger partial charge in [-0.25, -0.2) is 0 Å². The summed E-state index contributed by atoms with van der Waals surface area (Å²) in [6, 6.07) is 0. The lowest BCUT2D eigenvalue weighted by molar-refractivity contribution is -0.0882. The molecule has 4 atom stereocenters. The predicted molar refractivity (Wildman–Crippen MR) is 74.4 cm³/mol. The van der Waals surface area contributed by atoms with Crippen LogP contribution in [0, 0.1) is 0 Å². The average Bonchev–Trinajstić information content (AvgIpc) is 2.40. The molecule has 0 aliphatic rings. The first-order valence-corrected chi connectivity index (χ1v) is 7.06. The van der Waals surface area contributed by atoms with E-state index in [1.165, 1.54) is 0 Å². The van der Waals surface area contributed by atoms with E-state index in [2.05, 4.69) is 0 Å². The Morgan fingerprint density at radius 3 is 1.42 bits per heavy atom. The number of rotatable bonds is 12. The summed E-state index contributed by atoms with van der Waals surface area (Å²) < 4.78 is 22.0. The second-order valence-electron chi connectivity index (χ2n) is 4.88. The molecule has 116 valence electrons. The second-order valence-corrected chi connectivity index (χ2v) is 4.88. The molecule has 0 rings (SSSR count). The minimum Gasteiger partial charge on any atom is -0.394 e. The smallest absolute Gasteiger partial charge is 0.0781 e. The standard InChI is InChI=1S/C14H30O5/c1-6-16-12(3)8-18-14(5)10-19-13(4)9-17-11(2)7-15/h11-15H,6-10H2,1-5H3. The molecule has 0 aliphatic heterocycles. The van der Waals surface area contributed by atoms with Crippen molar-refractivity contribution in [3.8, 4) is 0 Å². The second kappa shape index (κ2) is 11.6. The molecule has 0 aliphatic carbocycles. The van der Waals surface area contributed by atoms with E-state index >= 15 is 0 Å². The summed E-state index contributed by atoms with van der Waals surface area (Å²) in [7, 11) is 0. The van der Waals surface area contributed by atoms with Gasteiger partial charge in [0.1, 0.15) is 0 Å². The Morgan fingerprint density at radius 2 is 1.05 bits per heavy atom. The van der Waals surface area contributed by atoms with E-state index in [0.717, 1.165) is 0 Å². The lowest BCUT2D eigenvalue weighted by atomic mass is 10.3. The Morgan fingerprint density at radius 1 is 0.684 bits per heavy atom. The van der Waals surface area contributed by atoms with Gasteiger partial charge in [0.05, 0.1) is 50.8 Å². The highest BCUT2D eigenvalue weighted by Crippen LogP contribution is 2.01. The maximum Gasteiger partial charge on any atom is 0.0781 e. The molecule has 4 unspecified atom stereocenters. The summed E-state index contributed by atoms with van der Waals surface area (Å²) in [5, 5.41) is 8.83. The minimum atomic E-state index is -0.147. The Kier molecular flexibility index (Phi) is 11.5. The monoisotopic (exact) mass is 278 g/mol. The van der Waals surface area contributed by atoms with Gasteiger partial charge in [-0.05, 0) is 34.6 Å². The average molecular weight is 278 g/mol. The molecular formula is C14H30O5. The van der Waals surface area contributed by atoms with Gasteiger partial charge in [0.25, 0.3) is 0 Å². The van der Waals surface area contributed by atoms with Crippen molar-refractivity contribution in [2.75, 3.05) is 33.0 Å². The molecule has 0 aromatic carbocycles. The highest BCUT2D eigenvalue weighted by atomic mass is 16.6. The third-order valence-corrected chi connectivity index (χ3v) is 2.55. The molecule has 0 amide bonds. The van der Waals surface area contributed by atoms with Crippen LogP contribution in [0.5, 0.6) is 0 Å². The number of aliphatic hydroxyl groups excluding tert-OH is 1. The van der Waals surface area contributed by atoms with Crippen molar-refractivity contribution in [3.05, 3.63) is 0 Å². The molecule has 0 saturated carbocycles. The van der Waals surface area contributed by atoms with Crippen LogP contribution in [-0.4, -0.2) is 62.6 Å². The van der Waals surface area contributed by atoms with E-state index in [1.54, 1.807) is 0 Å². The third-order valence-electron chi connectivity index (χ3n) is 2.55. The van der Waals surface area contributed by atoms with Crippen molar-refractivity contribution in [2.24, 2.45) is 0 Å². The van der Waals surface area contributed by atoms with Crippen LogP contribution in [0.25, 0.3) is 0 Å². The van der Waals surface area contributed by atoms with E-state index in [4.69, 9.17) is 24.1 Å². The Hall–Kier alpha value is -0.200. The summed E-state index contributed by atoms with van der Waals surface area (Å²) in [5.41, 5.74) is 0. The molecule has 0 radical (unpaired) electrons. The van der Waals surface area contributed by atoms with Crippen LogP contribution in [0.3, 0.4) is 0 Å². The zero-order valence-corrected chi connectivity index (χ0v) is 12.9. The summed E-state index contributed by atoms with van der Waals surface area (Å²) in [4.78, 5) is 0. The van der Waals surface area contributed by atoms with Gasteiger partial charge in [0, 0.05) is 6.61 Å². The van der Waals surface area contributed by atoms with Gasteiger partial charge >= 0.3 is 0 Å². The highest BCUT2D eigenvalue weighted by Gasteiger charge is 2.10. The SMILES string of the molecule is CCOC(C)COC(C)COC(C)COC(C)CO. The van der Waals surface area contributed by atoms with Crippen molar-refractivity contribution in [1.82, 2.24) is 0 Å². The van der Waals surface area contributed by atoms with Gasteiger partial charge in [-0.2, -0.15) is 0 Å². The predicted octanol–water partition coefficient (Wildman–Crippen LogP) is 1.62. The summed E-state index contributed by atoms with van der Waals surface area (Å²) in [6.07, 6.45) is -0.0182. The molecule has 0 heterocycles. The van der Waals surface area contributed by atoms with Crippen LogP contribution in [0.4, 0.5) is 0 Å². The first-order valence-electron chi connectivity index (χ1n) is 7.06. The topological polar surface area (TPSA) is 57.2 Å². The molecule has 0 fully saturated rings. The van der Waals surface area contributed by atoms with Crippen LogP contribution in [0.15, 0.2) is 0 Å². The van der Waals surface area contributed by atoms with Crippen molar-refractivity contribution in [1.29, 1.82) is 0 Å². The lowest BCUT2D eigenvalue weighted by Gasteiger charge is -2.20. The first kappa shape index (κ1) is 18.8. The summed E-state index contributed by atoms with van der Waals surface area (Å²) >= 11 is 0. The lowest BCUT2D eigenvalue weighted by Crippen LogP contribution is -2.28. The van der Waals surface area contributed by atoms with Crippen LogP contribution >= 0.6 is 0 Å². The van der Waals surface area contributed by atoms with E-state index in [-0.39, 0.29) is 31.0 Å². The molecule has 0 spiro atoms. The molecule has 5 heteroatoms. The number of hydrogen-bond acceptors (Lipinski definition) is 5. The summed E-state index contributed by atoms with van der Waals surface area (Å²) in [6.45, 7) is 12.0. The van der Waals surface area contributed by atoms with Crippen LogP contribution in [-0.2, 0) is 18.9 Å². The maximum absolute atomic E-state index is 8.83. The molecule has 5 nitrogen and oxygen atoms in total. The Labute approximate surface area is 117 Å². The number of hydrogen-bond donors (Lipinski definition) is 1. The molecule has 19 heavy (non-hydrogen) atoms. The number of aliphatic hydroxyl groups is 1. The van der Waals surface area contributed by atoms with Crippen LogP contribution < -0.4 is 0 Å². The van der Waals surface area contributed by atoms with Crippen molar-refractivity contribution >= 4 is 0 Å². The molecule has 0 saturated heterocycles. The zero-order chi connectivity index (χ0) is 14.7. The van der Waals surface area contributed by atoms with Crippen molar-refractivity contribution in [3.63, 3.8) is 0 Å². The van der Waals surface area contributed by atoms with Crippen LogP contribution in [0.1, 0.15) is 34.6 Å². The highest BCUT2D eigenvalue weighted by molar-refractivity contribution is 4.56. The minimum absolute atomic E-state index is 0.00985. The van der Waals surface area contributed by atoms with E-state index in [0.29, 0.717) is 26.4 Å². The van der Waals surface area contributed by atoms with Gasteiger partial charge in [-0.1, -0.05) is 0 Å². The Bertz CT molecular complexity index is 200. The number of ether oxygens (including phenoxy) is 4. The first-order chi connectivity index (χ1) is 8.99. The fraction of sp³-hybridized carbons (Fsp3) is 1.00. The van der Waals surface area contributed by atoms with Gasteiger partial charge < -0.3 is 24.1 Å². The normalized spacial score (nSPS) is 18.0. The van der Waals surface area contributed by atoms with Crippen molar-refractivity contribution < 1.29 is 24.1 Å². The van der Waals surface area contributed by atoms with E-state index in [1.807, 2.05) is 34.6 Å². The fourth-order valence-electron chi connectivity index (χ4n) is 1.38. The molecule has 0 bridgehead atoms. The Balaban J connectivity index is 3.57. The molecule has 0 aromatic heterocycles. The maximum atomic E-state index is 8.83. The van der Waals surface area contributed by atoms with E-state index in [9.17, 15) is 0 Å². The largest absolute Gasteiger partial charge is 0.394 e. The van der Waals surface area contributed by atoms with E-state index < -0.39 is 0 Å². The molecule has 1 N–H and O–H groups in total. The quantitative estimate of drug-likeness (QED) is 0.588. The third kappa shape index (κ3) is 11.3. The summed E-state index contributed by atoms with van der Waals surface area (Å²) in [5.74, 6) is 0. The van der Waals surface area contributed by atoms with Gasteiger partial charge in [0.2, 0.25) is 0 Å². The van der Waals surface area contributed by atoms with Crippen molar-refractivity contribution in [2.45, 2.75) is 59.0 Å².